The summed E-state index contributed by atoms with van der Waals surface area (Å²) in [5.74, 6) is 2.51. The molecule has 1 saturated carbocycles. The minimum absolute atomic E-state index is 0.734. The Kier molecular flexibility index (Phi) is 3.07. The van der Waals surface area contributed by atoms with Crippen molar-refractivity contribution >= 4 is 0 Å². The maximum atomic E-state index is 3.66. The van der Waals surface area contributed by atoms with Crippen LogP contribution in [0, 0.1) is 17.8 Å². The first-order valence-electron chi connectivity index (χ1n) is 5.84. The largest absolute Gasteiger partial charge is 0.313 e. The molecule has 4 unspecified atom stereocenters. The molecule has 3 aliphatic rings. The molecule has 0 aromatic carbocycles. The quantitative estimate of drug-likeness (QED) is 0.662. The second kappa shape index (κ2) is 4.31. The minimum Gasteiger partial charge on any atom is -0.313 e. The molecule has 14 heavy (non-hydrogen) atoms. The molecule has 3 rings (SSSR count). The van der Waals surface area contributed by atoms with Gasteiger partial charge in [-0.2, -0.15) is 0 Å². The molecular weight excluding hydrogens is 170 g/mol. The van der Waals surface area contributed by atoms with Gasteiger partial charge < -0.3 is 5.32 Å². The van der Waals surface area contributed by atoms with Crippen molar-refractivity contribution in [3.8, 4) is 0 Å². The number of piperidine rings is 2. The van der Waals surface area contributed by atoms with Gasteiger partial charge in [-0.25, -0.2) is 0 Å². The number of fused-ring (bicyclic) bond motifs is 3. The van der Waals surface area contributed by atoms with E-state index < -0.39 is 0 Å². The van der Waals surface area contributed by atoms with Crippen LogP contribution in [0.25, 0.3) is 0 Å². The molecule has 3 fully saturated rings. The summed E-state index contributed by atoms with van der Waals surface area (Å²) in [4.78, 5) is 0. The summed E-state index contributed by atoms with van der Waals surface area (Å²) in [5, 5.41) is 3.66. The Morgan fingerprint density at radius 2 is 1.71 bits per heavy atom. The van der Waals surface area contributed by atoms with Gasteiger partial charge in [0.2, 0.25) is 0 Å². The van der Waals surface area contributed by atoms with Crippen molar-refractivity contribution in [2.45, 2.75) is 32.7 Å². The summed E-state index contributed by atoms with van der Waals surface area (Å²) >= 11 is 0. The average molecular weight is 191 g/mol. The third-order valence-corrected chi connectivity index (χ3v) is 3.74. The second-order valence-corrected chi connectivity index (χ2v) is 4.63. The Bertz CT molecular complexity index is 216. The zero-order chi connectivity index (χ0) is 9.97. The highest BCUT2D eigenvalue weighted by Gasteiger charge is 2.38. The van der Waals surface area contributed by atoms with Crippen molar-refractivity contribution in [3.05, 3.63) is 24.3 Å². The van der Waals surface area contributed by atoms with E-state index in [1.165, 1.54) is 19.4 Å². The maximum absolute atomic E-state index is 3.66. The molecule has 0 radical (unpaired) electrons. The van der Waals surface area contributed by atoms with E-state index in [0.29, 0.717) is 0 Å². The number of hydrogen-bond acceptors (Lipinski definition) is 1. The predicted molar refractivity (Wildman–Crippen MR) is 61.1 cm³/mol. The Morgan fingerprint density at radius 3 is 2.29 bits per heavy atom. The van der Waals surface area contributed by atoms with Gasteiger partial charge >= 0.3 is 0 Å². The van der Waals surface area contributed by atoms with Gasteiger partial charge in [-0.05, 0) is 51.0 Å². The molecule has 78 valence electrons. The van der Waals surface area contributed by atoms with Gasteiger partial charge in [0.1, 0.15) is 0 Å². The van der Waals surface area contributed by atoms with Crippen LogP contribution in [-0.2, 0) is 0 Å². The molecule has 1 heteroatoms. The Balaban J connectivity index is 2.04. The van der Waals surface area contributed by atoms with Crippen LogP contribution in [0.5, 0.6) is 0 Å². The fraction of sp³-hybridized carbons (Fsp3) is 0.692. The third-order valence-electron chi connectivity index (χ3n) is 3.74. The molecule has 2 aliphatic heterocycles. The maximum Gasteiger partial charge on any atom is 0.0136 e. The van der Waals surface area contributed by atoms with Gasteiger partial charge in [0, 0.05) is 6.04 Å². The van der Waals surface area contributed by atoms with E-state index in [2.05, 4.69) is 43.5 Å². The standard InChI is InChI=1S/C13H21N/c1-3-5-10-8-13-11(6-4-2)7-12(10)9-14-13/h3-6,10-14H,7-9H2,1-2H3/b5-3+,6-4+. The second-order valence-electron chi connectivity index (χ2n) is 4.63. The van der Waals surface area contributed by atoms with Gasteiger partial charge in [-0.15, -0.1) is 0 Å². The molecule has 0 amide bonds. The molecular formula is C13H21N. The summed E-state index contributed by atoms with van der Waals surface area (Å²) in [6.07, 6.45) is 11.9. The van der Waals surface area contributed by atoms with Gasteiger partial charge in [0.15, 0.2) is 0 Å². The zero-order valence-electron chi connectivity index (χ0n) is 9.24. The van der Waals surface area contributed by atoms with E-state index in [1.54, 1.807) is 0 Å². The summed E-state index contributed by atoms with van der Waals surface area (Å²) in [6, 6.07) is 0.734. The smallest absolute Gasteiger partial charge is 0.0136 e. The van der Waals surface area contributed by atoms with Gasteiger partial charge in [-0.3, -0.25) is 0 Å². The van der Waals surface area contributed by atoms with Crippen molar-refractivity contribution in [1.82, 2.24) is 5.32 Å². The molecule has 2 bridgehead atoms. The Hall–Kier alpha value is -0.560. The number of nitrogens with one attached hydrogen (secondary N) is 1. The normalized spacial score (nSPS) is 42.7. The van der Waals surface area contributed by atoms with Crippen LogP contribution in [0.15, 0.2) is 24.3 Å². The van der Waals surface area contributed by atoms with E-state index in [0.717, 1.165) is 23.8 Å². The first-order valence-corrected chi connectivity index (χ1v) is 5.84. The average Bonchev–Trinajstić information content (AvgIpc) is 2.21. The van der Waals surface area contributed by atoms with Crippen molar-refractivity contribution in [1.29, 1.82) is 0 Å². The van der Waals surface area contributed by atoms with E-state index in [1.807, 2.05) is 0 Å². The zero-order valence-corrected chi connectivity index (χ0v) is 9.24. The Labute approximate surface area is 87.3 Å². The van der Waals surface area contributed by atoms with Crippen LogP contribution in [0.1, 0.15) is 26.7 Å². The molecule has 1 aliphatic carbocycles. The van der Waals surface area contributed by atoms with Crippen molar-refractivity contribution in [2.75, 3.05) is 6.54 Å². The van der Waals surface area contributed by atoms with E-state index in [-0.39, 0.29) is 0 Å². The minimum atomic E-state index is 0.734. The highest BCUT2D eigenvalue weighted by molar-refractivity contribution is 5.07. The molecule has 0 spiro atoms. The molecule has 0 aromatic rings. The molecule has 4 atom stereocenters. The third kappa shape index (κ3) is 1.78. The number of allylic oxidation sites excluding steroid dienone is 3. The van der Waals surface area contributed by atoms with Crippen LogP contribution in [0.3, 0.4) is 0 Å². The lowest BCUT2D eigenvalue weighted by Gasteiger charge is -2.46. The van der Waals surface area contributed by atoms with E-state index in [4.69, 9.17) is 0 Å². The highest BCUT2D eigenvalue weighted by Crippen LogP contribution is 2.39. The summed E-state index contributed by atoms with van der Waals surface area (Å²) in [7, 11) is 0. The Morgan fingerprint density at radius 1 is 1.00 bits per heavy atom. The van der Waals surface area contributed by atoms with Crippen molar-refractivity contribution < 1.29 is 0 Å². The van der Waals surface area contributed by atoms with Crippen LogP contribution in [0.4, 0.5) is 0 Å². The lowest BCUT2D eigenvalue weighted by atomic mass is 9.67. The number of rotatable bonds is 2. The summed E-state index contributed by atoms with van der Waals surface area (Å²) < 4.78 is 0. The fourth-order valence-electron chi connectivity index (χ4n) is 3.06. The molecule has 2 saturated heterocycles. The van der Waals surface area contributed by atoms with Crippen LogP contribution < -0.4 is 5.32 Å². The topological polar surface area (TPSA) is 12.0 Å². The van der Waals surface area contributed by atoms with Gasteiger partial charge in [-0.1, -0.05) is 24.3 Å². The van der Waals surface area contributed by atoms with Crippen LogP contribution >= 0.6 is 0 Å². The first-order chi connectivity index (χ1) is 6.85. The lowest BCUT2D eigenvalue weighted by Crippen LogP contribution is -2.53. The molecule has 2 heterocycles. The van der Waals surface area contributed by atoms with Crippen molar-refractivity contribution in [3.63, 3.8) is 0 Å². The SMILES string of the molecule is C/C=C/C1CC2NCC1CC2/C=C/C. The van der Waals surface area contributed by atoms with Crippen LogP contribution in [-0.4, -0.2) is 12.6 Å². The number of hydrogen-bond donors (Lipinski definition) is 1. The summed E-state index contributed by atoms with van der Waals surface area (Å²) in [6.45, 7) is 5.50. The highest BCUT2D eigenvalue weighted by atomic mass is 15.0. The lowest BCUT2D eigenvalue weighted by molar-refractivity contribution is 0.123. The molecule has 0 aromatic heterocycles. The van der Waals surface area contributed by atoms with Gasteiger partial charge in [0.25, 0.3) is 0 Å². The predicted octanol–water partition coefficient (Wildman–Crippen LogP) is 2.75. The molecule has 1 N–H and O–H groups in total. The van der Waals surface area contributed by atoms with Crippen molar-refractivity contribution in [2.24, 2.45) is 17.8 Å². The monoisotopic (exact) mass is 191 g/mol. The fourth-order valence-corrected chi connectivity index (χ4v) is 3.06. The van der Waals surface area contributed by atoms with E-state index in [9.17, 15) is 0 Å². The van der Waals surface area contributed by atoms with Crippen LogP contribution in [0.2, 0.25) is 0 Å². The summed E-state index contributed by atoms with van der Waals surface area (Å²) in [5.41, 5.74) is 0. The first kappa shape index (κ1) is 9.97. The van der Waals surface area contributed by atoms with E-state index >= 15 is 0 Å². The molecule has 1 nitrogen and oxygen atoms in total. The van der Waals surface area contributed by atoms with Gasteiger partial charge in [0.05, 0.1) is 0 Å².